The van der Waals surface area contributed by atoms with Gasteiger partial charge in [0.25, 0.3) is 0 Å². The van der Waals surface area contributed by atoms with Gasteiger partial charge in [-0.25, -0.2) is 0 Å². The van der Waals surface area contributed by atoms with E-state index in [1.54, 1.807) is 26.5 Å². The molecule has 2 rings (SSSR count). The number of hydrogen-bond donors (Lipinski definition) is 0. The van der Waals surface area contributed by atoms with Crippen molar-refractivity contribution in [2.24, 2.45) is 0 Å². The van der Waals surface area contributed by atoms with Crippen molar-refractivity contribution in [2.45, 2.75) is 6.42 Å². The van der Waals surface area contributed by atoms with Gasteiger partial charge in [0.15, 0.2) is 17.8 Å². The monoisotopic (exact) mass is 300 g/mol. The maximum atomic E-state index is 10.8. The van der Waals surface area contributed by atoms with Gasteiger partial charge in [0.1, 0.15) is 5.69 Å². The van der Waals surface area contributed by atoms with Crippen LogP contribution >= 0.6 is 0 Å². The average molecular weight is 300 g/mol. The molecular weight excluding hydrogens is 280 g/mol. The average Bonchev–Trinajstić information content (AvgIpc) is 2.59. The Kier molecular flexibility index (Phi) is 5.36. The first-order chi connectivity index (χ1) is 10.7. The molecule has 5 heteroatoms. The highest BCUT2D eigenvalue weighted by atomic mass is 16.5. The molecule has 1 aromatic heterocycles. The van der Waals surface area contributed by atoms with Crippen molar-refractivity contribution in [1.82, 2.24) is 4.98 Å². The van der Waals surface area contributed by atoms with Crippen LogP contribution in [0.5, 0.6) is 11.5 Å². The minimum Gasteiger partial charge on any atom is -0.493 e. The third kappa shape index (κ3) is 3.75. The summed E-state index contributed by atoms with van der Waals surface area (Å²) in [5, 5.41) is 0. The molecule has 0 bridgehead atoms. The zero-order valence-electron chi connectivity index (χ0n) is 13.1. The fraction of sp³-hybridized carbons (Fsp3) is 0.294. The number of likely N-dealkylation sites (N-methyl/N-ethyl adjacent to an activating group) is 1. The van der Waals surface area contributed by atoms with E-state index >= 15 is 0 Å². The predicted octanol–water partition coefficient (Wildman–Crippen LogP) is 2.59. The lowest BCUT2D eigenvalue weighted by molar-refractivity contribution is 0.111. The number of aldehydes is 1. The summed E-state index contributed by atoms with van der Waals surface area (Å²) in [4.78, 5) is 16.8. The van der Waals surface area contributed by atoms with Crippen molar-refractivity contribution in [3.8, 4) is 11.5 Å². The van der Waals surface area contributed by atoms with Gasteiger partial charge in [0, 0.05) is 25.5 Å². The van der Waals surface area contributed by atoms with Gasteiger partial charge < -0.3 is 14.4 Å². The Balaban J connectivity index is 2.04. The standard InChI is InChI=1S/C17H20N2O3/c1-19(15-6-8-18-14(11-15)12-20)9-7-13-4-5-16(21-2)17(10-13)22-3/h4-6,8,10-12H,7,9H2,1-3H3. The fourth-order valence-corrected chi connectivity index (χ4v) is 2.20. The number of hydrogen-bond acceptors (Lipinski definition) is 5. The van der Waals surface area contributed by atoms with Crippen LogP contribution in [0.3, 0.4) is 0 Å². The zero-order chi connectivity index (χ0) is 15.9. The van der Waals surface area contributed by atoms with E-state index in [1.807, 2.05) is 31.3 Å². The molecule has 2 aromatic rings. The van der Waals surface area contributed by atoms with Gasteiger partial charge in [-0.1, -0.05) is 6.07 Å². The van der Waals surface area contributed by atoms with Gasteiger partial charge in [0.2, 0.25) is 0 Å². The van der Waals surface area contributed by atoms with E-state index in [9.17, 15) is 4.79 Å². The van der Waals surface area contributed by atoms with Crippen molar-refractivity contribution in [2.75, 3.05) is 32.7 Å². The molecule has 0 amide bonds. The Labute approximate surface area is 130 Å². The SMILES string of the molecule is COc1ccc(CCN(C)c2ccnc(C=O)c2)cc1OC. The fourth-order valence-electron chi connectivity index (χ4n) is 2.20. The second-order valence-corrected chi connectivity index (χ2v) is 4.92. The third-order valence-corrected chi connectivity index (χ3v) is 3.51. The first-order valence-corrected chi connectivity index (χ1v) is 7.01. The normalized spacial score (nSPS) is 10.1. The van der Waals surface area contributed by atoms with Crippen molar-refractivity contribution in [3.05, 3.63) is 47.8 Å². The molecule has 1 aromatic carbocycles. The number of benzene rings is 1. The van der Waals surface area contributed by atoms with Crippen molar-refractivity contribution < 1.29 is 14.3 Å². The Morgan fingerprint density at radius 1 is 1.14 bits per heavy atom. The molecule has 116 valence electrons. The molecule has 1 heterocycles. The van der Waals surface area contributed by atoms with Crippen LogP contribution < -0.4 is 14.4 Å². The molecule has 0 saturated heterocycles. The molecular formula is C17H20N2O3. The first kappa shape index (κ1) is 15.8. The first-order valence-electron chi connectivity index (χ1n) is 7.01. The molecule has 0 radical (unpaired) electrons. The molecule has 0 aliphatic rings. The molecule has 22 heavy (non-hydrogen) atoms. The number of carbonyl (C=O) groups is 1. The summed E-state index contributed by atoms with van der Waals surface area (Å²) < 4.78 is 10.5. The van der Waals surface area contributed by atoms with E-state index in [-0.39, 0.29) is 0 Å². The van der Waals surface area contributed by atoms with Gasteiger partial charge in [-0.05, 0) is 36.2 Å². The van der Waals surface area contributed by atoms with Crippen LogP contribution in [0.2, 0.25) is 0 Å². The molecule has 0 spiro atoms. The highest BCUT2D eigenvalue weighted by Crippen LogP contribution is 2.27. The number of rotatable bonds is 7. The van der Waals surface area contributed by atoms with Crippen molar-refractivity contribution in [3.63, 3.8) is 0 Å². The number of pyridine rings is 1. The highest BCUT2D eigenvalue weighted by Gasteiger charge is 2.07. The Morgan fingerprint density at radius 3 is 2.59 bits per heavy atom. The van der Waals surface area contributed by atoms with Crippen LogP contribution in [0, 0.1) is 0 Å². The number of methoxy groups -OCH3 is 2. The Morgan fingerprint density at radius 2 is 1.91 bits per heavy atom. The lowest BCUT2D eigenvalue weighted by Gasteiger charge is -2.19. The largest absolute Gasteiger partial charge is 0.493 e. The topological polar surface area (TPSA) is 51.7 Å². The van der Waals surface area contributed by atoms with Gasteiger partial charge in [-0.15, -0.1) is 0 Å². The quantitative estimate of drug-likeness (QED) is 0.736. The van der Waals surface area contributed by atoms with Crippen LogP contribution in [-0.2, 0) is 6.42 Å². The lowest BCUT2D eigenvalue weighted by atomic mass is 10.1. The van der Waals surface area contributed by atoms with E-state index < -0.39 is 0 Å². The molecule has 0 fully saturated rings. The smallest absolute Gasteiger partial charge is 0.168 e. The Bertz CT molecular complexity index is 644. The second kappa shape index (κ2) is 7.45. The molecule has 0 atom stereocenters. The lowest BCUT2D eigenvalue weighted by Crippen LogP contribution is -2.20. The van der Waals surface area contributed by atoms with Gasteiger partial charge in [-0.2, -0.15) is 0 Å². The summed E-state index contributed by atoms with van der Waals surface area (Å²) in [7, 11) is 5.25. The van der Waals surface area contributed by atoms with E-state index in [1.165, 1.54) is 0 Å². The van der Waals surface area contributed by atoms with Crippen LogP contribution in [0.1, 0.15) is 16.1 Å². The van der Waals surface area contributed by atoms with Gasteiger partial charge in [-0.3, -0.25) is 9.78 Å². The number of anilines is 1. The molecule has 0 aliphatic carbocycles. The summed E-state index contributed by atoms with van der Waals surface area (Å²) in [6, 6.07) is 9.59. The number of carbonyl (C=O) groups excluding carboxylic acids is 1. The van der Waals surface area contributed by atoms with Gasteiger partial charge in [0.05, 0.1) is 14.2 Å². The van der Waals surface area contributed by atoms with E-state index in [4.69, 9.17) is 9.47 Å². The van der Waals surface area contributed by atoms with Crippen LogP contribution in [-0.4, -0.2) is 39.1 Å². The van der Waals surface area contributed by atoms with Gasteiger partial charge >= 0.3 is 0 Å². The maximum Gasteiger partial charge on any atom is 0.168 e. The van der Waals surface area contributed by atoms with Crippen molar-refractivity contribution in [1.29, 1.82) is 0 Å². The third-order valence-electron chi connectivity index (χ3n) is 3.51. The molecule has 0 N–H and O–H groups in total. The summed E-state index contributed by atoms with van der Waals surface area (Å²) in [5.74, 6) is 1.46. The highest BCUT2D eigenvalue weighted by molar-refractivity contribution is 5.73. The number of nitrogens with zero attached hydrogens (tertiary/aromatic N) is 2. The van der Waals surface area contributed by atoms with E-state index in [0.717, 1.165) is 42.0 Å². The van der Waals surface area contributed by atoms with E-state index in [0.29, 0.717) is 5.69 Å². The second-order valence-electron chi connectivity index (χ2n) is 4.92. The van der Waals surface area contributed by atoms with Crippen LogP contribution in [0.4, 0.5) is 5.69 Å². The summed E-state index contributed by atoms with van der Waals surface area (Å²) in [6.07, 6.45) is 3.26. The van der Waals surface area contributed by atoms with Crippen LogP contribution in [0.25, 0.3) is 0 Å². The minimum atomic E-state index is 0.440. The predicted molar refractivity (Wildman–Crippen MR) is 86.1 cm³/mol. The maximum absolute atomic E-state index is 10.8. The summed E-state index contributed by atoms with van der Waals surface area (Å²) in [6.45, 7) is 0.817. The molecule has 5 nitrogen and oxygen atoms in total. The van der Waals surface area contributed by atoms with E-state index in [2.05, 4.69) is 9.88 Å². The minimum absolute atomic E-state index is 0.440. The number of aromatic nitrogens is 1. The Hall–Kier alpha value is -2.56. The summed E-state index contributed by atoms with van der Waals surface area (Å²) >= 11 is 0. The van der Waals surface area contributed by atoms with Crippen molar-refractivity contribution >= 4 is 12.0 Å². The molecule has 0 saturated carbocycles. The van der Waals surface area contributed by atoms with Crippen LogP contribution in [0.15, 0.2) is 36.5 Å². The zero-order valence-corrected chi connectivity index (χ0v) is 13.1. The number of ether oxygens (including phenoxy) is 2. The molecule has 0 aliphatic heterocycles. The molecule has 0 unspecified atom stereocenters. The summed E-state index contributed by atoms with van der Waals surface area (Å²) in [5.41, 5.74) is 2.57.